The van der Waals surface area contributed by atoms with Crippen molar-refractivity contribution in [2.75, 3.05) is 0 Å². The number of rotatable bonds is 5. The molecule has 0 aliphatic carbocycles. The number of esters is 1. The van der Waals surface area contributed by atoms with Crippen LogP contribution in [0, 0.1) is 0 Å². The van der Waals surface area contributed by atoms with Crippen molar-refractivity contribution in [3.8, 4) is 0 Å². The van der Waals surface area contributed by atoms with Gasteiger partial charge >= 0.3 is 5.97 Å². The molecule has 126 valence electrons. The van der Waals surface area contributed by atoms with Crippen LogP contribution in [0.4, 0.5) is 0 Å². The highest BCUT2D eigenvalue weighted by atomic mass is 16.5. The van der Waals surface area contributed by atoms with Crippen molar-refractivity contribution in [2.45, 2.75) is 46.0 Å². The van der Waals surface area contributed by atoms with Crippen LogP contribution in [0.25, 0.3) is 0 Å². The normalized spacial score (nSPS) is 12.1. The van der Waals surface area contributed by atoms with Gasteiger partial charge in [-0.2, -0.15) is 0 Å². The zero-order valence-electron chi connectivity index (χ0n) is 15.0. The average Bonchev–Trinajstić information content (AvgIpc) is 2.53. The lowest BCUT2D eigenvalue weighted by Gasteiger charge is -2.19. The van der Waals surface area contributed by atoms with Crippen LogP contribution in [0.2, 0.25) is 0 Å². The first-order valence-electron chi connectivity index (χ1n) is 8.33. The molecule has 0 aliphatic heterocycles. The molecule has 0 N–H and O–H groups in total. The van der Waals surface area contributed by atoms with Gasteiger partial charge in [0.2, 0.25) is 0 Å². The predicted molar refractivity (Wildman–Crippen MR) is 98.8 cm³/mol. The standard InChI is InChI=1S/C22H26O2/c1-17(14-19-10-12-20(13-11-19)22(2,3)4)16-24-21(23)15-18-8-6-5-7-9-18/h5-13,16H,14-15H2,1-4H3/b17-16+. The quantitative estimate of drug-likeness (QED) is 0.557. The Bertz CT molecular complexity index is 689. The summed E-state index contributed by atoms with van der Waals surface area (Å²) in [7, 11) is 0. The third-order valence-corrected chi connectivity index (χ3v) is 3.89. The van der Waals surface area contributed by atoms with E-state index in [1.807, 2.05) is 37.3 Å². The minimum Gasteiger partial charge on any atom is -0.434 e. The Kier molecular flexibility index (Phi) is 5.97. The van der Waals surface area contributed by atoms with E-state index in [0.29, 0.717) is 6.42 Å². The van der Waals surface area contributed by atoms with Gasteiger partial charge in [-0.15, -0.1) is 0 Å². The fraction of sp³-hybridized carbons (Fsp3) is 0.318. The SMILES string of the molecule is C/C(=C\OC(=O)Cc1ccccc1)Cc1ccc(C(C)(C)C)cc1. The molecule has 0 saturated carbocycles. The number of hydrogen-bond donors (Lipinski definition) is 0. The molecule has 0 aromatic heterocycles. The molecule has 2 nitrogen and oxygen atoms in total. The third-order valence-electron chi connectivity index (χ3n) is 3.89. The number of carbonyl (C=O) groups excluding carboxylic acids is 1. The van der Waals surface area contributed by atoms with Gasteiger partial charge in [0.25, 0.3) is 0 Å². The summed E-state index contributed by atoms with van der Waals surface area (Å²) in [6.45, 7) is 8.60. The van der Waals surface area contributed by atoms with Crippen molar-refractivity contribution in [3.63, 3.8) is 0 Å². The van der Waals surface area contributed by atoms with Gasteiger partial charge < -0.3 is 4.74 Å². The second-order valence-corrected chi connectivity index (χ2v) is 7.24. The lowest BCUT2D eigenvalue weighted by Crippen LogP contribution is -2.10. The minimum absolute atomic E-state index is 0.163. The lowest BCUT2D eigenvalue weighted by atomic mass is 9.86. The van der Waals surface area contributed by atoms with Gasteiger partial charge in [0.05, 0.1) is 12.7 Å². The molecule has 0 amide bonds. The van der Waals surface area contributed by atoms with Crippen molar-refractivity contribution in [1.29, 1.82) is 0 Å². The molecule has 2 heteroatoms. The maximum Gasteiger partial charge on any atom is 0.315 e. The predicted octanol–water partition coefficient (Wildman–Crippen LogP) is 5.22. The number of carbonyl (C=O) groups is 1. The Morgan fingerprint density at radius 1 is 0.917 bits per heavy atom. The topological polar surface area (TPSA) is 26.3 Å². The van der Waals surface area contributed by atoms with E-state index in [1.54, 1.807) is 6.26 Å². The molecule has 24 heavy (non-hydrogen) atoms. The summed E-state index contributed by atoms with van der Waals surface area (Å²) >= 11 is 0. The molecule has 2 aromatic carbocycles. The molecule has 0 fully saturated rings. The summed E-state index contributed by atoms with van der Waals surface area (Å²) in [4.78, 5) is 11.9. The molecule has 0 bridgehead atoms. The summed E-state index contributed by atoms with van der Waals surface area (Å²) in [6.07, 6.45) is 2.65. The minimum atomic E-state index is -0.233. The molecule has 0 saturated heterocycles. The largest absolute Gasteiger partial charge is 0.434 e. The summed E-state index contributed by atoms with van der Waals surface area (Å²) in [5.41, 5.74) is 4.69. The van der Waals surface area contributed by atoms with Gasteiger partial charge in [-0.25, -0.2) is 0 Å². The lowest BCUT2D eigenvalue weighted by molar-refractivity contribution is -0.137. The van der Waals surface area contributed by atoms with Crippen molar-refractivity contribution in [1.82, 2.24) is 0 Å². The van der Waals surface area contributed by atoms with Crippen LogP contribution in [0.15, 0.2) is 66.4 Å². The van der Waals surface area contributed by atoms with Crippen molar-refractivity contribution < 1.29 is 9.53 Å². The van der Waals surface area contributed by atoms with Crippen LogP contribution in [-0.4, -0.2) is 5.97 Å². The van der Waals surface area contributed by atoms with E-state index in [9.17, 15) is 4.79 Å². The molecular weight excluding hydrogens is 296 g/mol. The molecule has 0 aliphatic rings. The van der Waals surface area contributed by atoms with Gasteiger partial charge in [-0.1, -0.05) is 75.4 Å². The van der Waals surface area contributed by atoms with Crippen LogP contribution < -0.4 is 0 Å². The van der Waals surface area contributed by atoms with Gasteiger partial charge in [0.1, 0.15) is 0 Å². The summed E-state index contributed by atoms with van der Waals surface area (Å²) in [5.74, 6) is -0.233. The first-order valence-corrected chi connectivity index (χ1v) is 8.33. The second kappa shape index (κ2) is 7.96. The Hall–Kier alpha value is -2.35. The molecule has 2 rings (SSSR count). The number of hydrogen-bond acceptors (Lipinski definition) is 2. The van der Waals surface area contributed by atoms with Gasteiger partial charge in [-0.05, 0) is 41.0 Å². The van der Waals surface area contributed by atoms with Crippen LogP contribution in [0.1, 0.15) is 44.4 Å². The second-order valence-electron chi connectivity index (χ2n) is 7.24. The third kappa shape index (κ3) is 5.69. The fourth-order valence-electron chi connectivity index (χ4n) is 2.46. The van der Waals surface area contributed by atoms with E-state index in [1.165, 1.54) is 11.1 Å². The first kappa shape index (κ1) is 18.0. The van der Waals surface area contributed by atoms with E-state index < -0.39 is 0 Å². The number of ether oxygens (including phenoxy) is 1. The van der Waals surface area contributed by atoms with Crippen LogP contribution in [-0.2, 0) is 27.8 Å². The van der Waals surface area contributed by atoms with Crippen LogP contribution in [0.3, 0.4) is 0 Å². The smallest absolute Gasteiger partial charge is 0.315 e. The molecule has 0 heterocycles. The highest BCUT2D eigenvalue weighted by Gasteiger charge is 2.12. The molecule has 0 unspecified atom stereocenters. The van der Waals surface area contributed by atoms with E-state index in [-0.39, 0.29) is 11.4 Å². The number of benzene rings is 2. The molecular formula is C22H26O2. The number of allylic oxidation sites excluding steroid dienone is 1. The van der Waals surface area contributed by atoms with Gasteiger partial charge in [-0.3, -0.25) is 4.79 Å². The van der Waals surface area contributed by atoms with Crippen molar-refractivity contribution >= 4 is 5.97 Å². The molecule has 2 aromatic rings. The highest BCUT2D eigenvalue weighted by molar-refractivity contribution is 5.73. The van der Waals surface area contributed by atoms with Crippen molar-refractivity contribution in [3.05, 3.63) is 83.1 Å². The molecule has 0 radical (unpaired) electrons. The Balaban J connectivity index is 1.88. The van der Waals surface area contributed by atoms with Crippen LogP contribution >= 0.6 is 0 Å². The summed E-state index contributed by atoms with van der Waals surface area (Å²) in [5, 5.41) is 0. The monoisotopic (exact) mass is 322 g/mol. The van der Waals surface area contributed by atoms with Crippen molar-refractivity contribution in [2.24, 2.45) is 0 Å². The van der Waals surface area contributed by atoms with E-state index in [0.717, 1.165) is 17.6 Å². The van der Waals surface area contributed by atoms with Gasteiger partial charge in [0, 0.05) is 0 Å². The maximum absolute atomic E-state index is 11.9. The molecule has 0 spiro atoms. The molecule has 0 atom stereocenters. The van der Waals surface area contributed by atoms with E-state index >= 15 is 0 Å². The fourth-order valence-corrected chi connectivity index (χ4v) is 2.46. The van der Waals surface area contributed by atoms with E-state index in [4.69, 9.17) is 4.74 Å². The Morgan fingerprint density at radius 3 is 2.08 bits per heavy atom. The zero-order chi connectivity index (χ0) is 17.6. The maximum atomic E-state index is 11.9. The van der Waals surface area contributed by atoms with Crippen LogP contribution in [0.5, 0.6) is 0 Å². The summed E-state index contributed by atoms with van der Waals surface area (Å²) in [6, 6.07) is 18.3. The van der Waals surface area contributed by atoms with Gasteiger partial charge in [0.15, 0.2) is 0 Å². The summed E-state index contributed by atoms with van der Waals surface area (Å²) < 4.78 is 5.26. The zero-order valence-corrected chi connectivity index (χ0v) is 15.0. The Morgan fingerprint density at radius 2 is 1.50 bits per heavy atom. The Labute approximate surface area is 145 Å². The first-order chi connectivity index (χ1) is 11.3. The average molecular weight is 322 g/mol. The van der Waals surface area contributed by atoms with E-state index in [2.05, 4.69) is 45.0 Å². The highest BCUT2D eigenvalue weighted by Crippen LogP contribution is 2.22.